The van der Waals surface area contributed by atoms with E-state index in [0.29, 0.717) is 24.2 Å². The molecular weight excluding hydrogens is 346 g/mol. The first kappa shape index (κ1) is 17.9. The highest BCUT2D eigenvalue weighted by Gasteiger charge is 2.42. The van der Waals surface area contributed by atoms with Crippen LogP contribution in [0.4, 0.5) is 5.69 Å². The highest BCUT2D eigenvalue weighted by Crippen LogP contribution is 2.40. The summed E-state index contributed by atoms with van der Waals surface area (Å²) in [7, 11) is 0. The molecule has 1 aromatic rings. The molecule has 1 unspecified atom stereocenters. The second-order valence-corrected chi connectivity index (χ2v) is 7.94. The SMILES string of the molecule is C[C@H]1C(=O)Nc2ccc(C(=O)COC(=O)C3C[C@H]4CCC[C@@H](C3)C4=O)cc21. The van der Waals surface area contributed by atoms with Gasteiger partial charge in [0.1, 0.15) is 5.78 Å². The number of carbonyl (C=O) groups excluding carboxylic acids is 4. The molecule has 1 N–H and O–H groups in total. The van der Waals surface area contributed by atoms with E-state index in [1.165, 1.54) is 0 Å². The van der Waals surface area contributed by atoms with Gasteiger partial charge in [-0.1, -0.05) is 6.42 Å². The van der Waals surface area contributed by atoms with Crippen molar-refractivity contribution in [3.8, 4) is 0 Å². The molecule has 0 spiro atoms. The van der Waals surface area contributed by atoms with Gasteiger partial charge in [-0.2, -0.15) is 0 Å². The Hall–Kier alpha value is -2.50. The van der Waals surface area contributed by atoms with Crippen LogP contribution in [0.1, 0.15) is 60.9 Å². The van der Waals surface area contributed by atoms with E-state index in [-0.39, 0.29) is 47.9 Å². The second kappa shape index (κ2) is 6.91. The lowest BCUT2D eigenvalue weighted by Crippen LogP contribution is -2.39. The van der Waals surface area contributed by atoms with E-state index in [0.717, 1.165) is 30.5 Å². The average Bonchev–Trinajstić information content (AvgIpc) is 2.93. The van der Waals surface area contributed by atoms with Gasteiger partial charge in [-0.25, -0.2) is 0 Å². The average molecular weight is 369 g/mol. The fourth-order valence-electron chi connectivity index (χ4n) is 4.60. The lowest BCUT2D eigenvalue weighted by molar-refractivity contribution is -0.152. The number of Topliss-reactive ketones (excluding diaryl/α,β-unsaturated/α-hetero) is 2. The van der Waals surface area contributed by atoms with Crippen LogP contribution in [0.25, 0.3) is 0 Å². The topological polar surface area (TPSA) is 89.5 Å². The molecular formula is C21H23NO5. The Morgan fingerprint density at radius 1 is 1.15 bits per heavy atom. The third kappa shape index (κ3) is 3.29. The zero-order valence-electron chi connectivity index (χ0n) is 15.3. The predicted octanol–water partition coefficient (Wildman–Crippen LogP) is 2.86. The number of ketones is 2. The Bertz CT molecular complexity index is 814. The van der Waals surface area contributed by atoms with E-state index in [4.69, 9.17) is 4.74 Å². The summed E-state index contributed by atoms with van der Waals surface area (Å²) in [5.74, 6) is -1.07. The monoisotopic (exact) mass is 369 g/mol. The smallest absolute Gasteiger partial charge is 0.309 e. The quantitative estimate of drug-likeness (QED) is 0.651. The van der Waals surface area contributed by atoms with Crippen LogP contribution in [-0.4, -0.2) is 30.0 Å². The number of amides is 1. The van der Waals surface area contributed by atoms with Crippen molar-refractivity contribution in [2.45, 2.75) is 44.9 Å². The minimum absolute atomic E-state index is 0.0195. The van der Waals surface area contributed by atoms with Crippen LogP contribution < -0.4 is 5.32 Å². The molecule has 1 aromatic carbocycles. The number of hydrogen-bond donors (Lipinski definition) is 1. The van der Waals surface area contributed by atoms with E-state index in [1.807, 2.05) is 0 Å². The van der Waals surface area contributed by atoms with Crippen molar-refractivity contribution < 1.29 is 23.9 Å². The molecule has 3 aliphatic rings. The molecule has 1 heterocycles. The van der Waals surface area contributed by atoms with Crippen LogP contribution in [0.5, 0.6) is 0 Å². The highest BCUT2D eigenvalue weighted by atomic mass is 16.5. The van der Waals surface area contributed by atoms with Gasteiger partial charge in [-0.15, -0.1) is 0 Å². The second-order valence-electron chi connectivity index (χ2n) is 7.94. The van der Waals surface area contributed by atoms with E-state index in [9.17, 15) is 19.2 Å². The van der Waals surface area contributed by atoms with Crippen LogP contribution in [-0.2, 0) is 19.1 Å². The first-order valence-electron chi connectivity index (χ1n) is 9.62. The molecule has 0 saturated heterocycles. The van der Waals surface area contributed by atoms with Crippen molar-refractivity contribution in [1.29, 1.82) is 0 Å². The fraction of sp³-hybridized carbons (Fsp3) is 0.524. The van der Waals surface area contributed by atoms with Gasteiger partial charge in [0, 0.05) is 23.1 Å². The van der Waals surface area contributed by atoms with Crippen molar-refractivity contribution in [2.24, 2.45) is 17.8 Å². The Morgan fingerprint density at radius 3 is 2.56 bits per heavy atom. The van der Waals surface area contributed by atoms with Crippen molar-refractivity contribution in [2.75, 3.05) is 11.9 Å². The van der Waals surface area contributed by atoms with Crippen LogP contribution >= 0.6 is 0 Å². The largest absolute Gasteiger partial charge is 0.457 e. The molecule has 6 nitrogen and oxygen atoms in total. The first-order chi connectivity index (χ1) is 12.9. The van der Waals surface area contributed by atoms with Gasteiger partial charge in [0.05, 0.1) is 11.8 Å². The van der Waals surface area contributed by atoms with Crippen molar-refractivity contribution in [3.05, 3.63) is 29.3 Å². The zero-order valence-corrected chi connectivity index (χ0v) is 15.3. The maximum absolute atomic E-state index is 12.4. The number of carbonyl (C=O) groups is 4. The van der Waals surface area contributed by atoms with Crippen LogP contribution in [0, 0.1) is 17.8 Å². The Morgan fingerprint density at radius 2 is 1.85 bits per heavy atom. The van der Waals surface area contributed by atoms with Crippen LogP contribution in [0.15, 0.2) is 18.2 Å². The predicted molar refractivity (Wildman–Crippen MR) is 97.3 cm³/mol. The van der Waals surface area contributed by atoms with Gasteiger partial charge < -0.3 is 10.1 Å². The minimum atomic E-state index is -0.376. The van der Waals surface area contributed by atoms with Crippen molar-refractivity contribution >= 4 is 29.1 Å². The lowest BCUT2D eigenvalue weighted by atomic mass is 9.67. The van der Waals surface area contributed by atoms with Crippen molar-refractivity contribution in [1.82, 2.24) is 0 Å². The summed E-state index contributed by atoms with van der Waals surface area (Å²) in [5.41, 5.74) is 1.94. The molecule has 2 bridgehead atoms. The Balaban J connectivity index is 1.36. The standard InChI is InChI=1S/C21H23NO5/c1-11-16-9-12(5-6-17(16)22-20(11)25)18(23)10-27-21(26)15-7-13-3-2-4-14(8-15)19(13)24/h5-6,9,11,13-15H,2-4,7-8,10H2,1H3,(H,22,25)/t11-,13-,14+,15?/m1/s1. The van der Waals surface area contributed by atoms with Crippen LogP contribution in [0.2, 0.25) is 0 Å². The maximum atomic E-state index is 12.4. The summed E-state index contributed by atoms with van der Waals surface area (Å²) < 4.78 is 5.28. The maximum Gasteiger partial charge on any atom is 0.309 e. The molecule has 2 fully saturated rings. The third-order valence-electron chi connectivity index (χ3n) is 6.22. The van der Waals surface area contributed by atoms with E-state index < -0.39 is 0 Å². The molecule has 2 aliphatic carbocycles. The number of fused-ring (bicyclic) bond motifs is 3. The minimum Gasteiger partial charge on any atom is -0.457 e. The summed E-state index contributed by atoms with van der Waals surface area (Å²) >= 11 is 0. The number of rotatable bonds is 4. The molecule has 6 heteroatoms. The van der Waals surface area contributed by atoms with E-state index in [1.54, 1.807) is 25.1 Å². The number of anilines is 1. The summed E-state index contributed by atoms with van der Waals surface area (Å²) in [6.45, 7) is 1.48. The van der Waals surface area contributed by atoms with Gasteiger partial charge in [0.2, 0.25) is 5.91 Å². The van der Waals surface area contributed by atoms with Crippen molar-refractivity contribution in [3.63, 3.8) is 0 Å². The molecule has 4 atom stereocenters. The van der Waals surface area contributed by atoms with E-state index >= 15 is 0 Å². The molecule has 1 amide bonds. The summed E-state index contributed by atoms with van der Waals surface area (Å²) in [4.78, 5) is 48.7. The summed E-state index contributed by atoms with van der Waals surface area (Å²) in [5, 5.41) is 2.77. The Labute approximate surface area is 157 Å². The van der Waals surface area contributed by atoms with Gasteiger partial charge >= 0.3 is 5.97 Å². The molecule has 4 rings (SSSR count). The summed E-state index contributed by atoms with van der Waals surface area (Å²) in [6, 6.07) is 5.04. The lowest BCUT2D eigenvalue weighted by Gasteiger charge is -2.36. The van der Waals surface area contributed by atoms with Gasteiger partial charge in [-0.05, 0) is 56.4 Å². The van der Waals surface area contributed by atoms with Gasteiger partial charge in [-0.3, -0.25) is 19.2 Å². The molecule has 0 radical (unpaired) electrons. The molecule has 0 aromatic heterocycles. The Kier molecular flexibility index (Phi) is 4.58. The van der Waals surface area contributed by atoms with E-state index in [2.05, 4.69) is 5.32 Å². The number of hydrogen-bond acceptors (Lipinski definition) is 5. The zero-order chi connectivity index (χ0) is 19.1. The third-order valence-corrected chi connectivity index (χ3v) is 6.22. The molecule has 2 saturated carbocycles. The van der Waals surface area contributed by atoms with Gasteiger partial charge in [0.25, 0.3) is 0 Å². The number of esters is 1. The summed E-state index contributed by atoms with van der Waals surface area (Å²) in [6.07, 6.45) is 3.87. The number of ether oxygens (including phenoxy) is 1. The highest BCUT2D eigenvalue weighted by molar-refractivity contribution is 6.05. The molecule has 27 heavy (non-hydrogen) atoms. The molecule has 1 aliphatic heterocycles. The number of nitrogens with one attached hydrogen (secondary N) is 1. The number of benzene rings is 1. The molecule has 142 valence electrons. The fourth-order valence-corrected chi connectivity index (χ4v) is 4.60. The normalized spacial score (nSPS) is 29.1. The van der Waals surface area contributed by atoms with Crippen LogP contribution in [0.3, 0.4) is 0 Å². The first-order valence-corrected chi connectivity index (χ1v) is 9.62. The van der Waals surface area contributed by atoms with Gasteiger partial charge in [0.15, 0.2) is 12.4 Å².